The van der Waals surface area contributed by atoms with Crippen LogP contribution >= 0.6 is 0 Å². The molecule has 1 aliphatic carbocycles. The number of hydrogen-bond acceptors (Lipinski definition) is 5. The second-order valence-corrected chi connectivity index (χ2v) is 8.86. The molecule has 1 aromatic carbocycles. The number of rotatable bonds is 8. The quantitative estimate of drug-likeness (QED) is 0.630. The van der Waals surface area contributed by atoms with E-state index in [-0.39, 0.29) is 24.1 Å². The van der Waals surface area contributed by atoms with Crippen LogP contribution in [0.4, 0.5) is 4.79 Å². The van der Waals surface area contributed by atoms with Gasteiger partial charge in [0.1, 0.15) is 6.10 Å². The highest BCUT2D eigenvalue weighted by Crippen LogP contribution is 2.38. The number of fused-ring (bicyclic) bond motifs is 1. The summed E-state index contributed by atoms with van der Waals surface area (Å²) >= 11 is 0. The van der Waals surface area contributed by atoms with Crippen LogP contribution in [0.1, 0.15) is 62.7 Å². The molecule has 1 aromatic heterocycles. The molecule has 1 saturated carbocycles. The van der Waals surface area contributed by atoms with Crippen molar-refractivity contribution >= 4 is 22.9 Å². The third-order valence-corrected chi connectivity index (χ3v) is 6.46. The van der Waals surface area contributed by atoms with Crippen molar-refractivity contribution in [3.63, 3.8) is 0 Å². The molecule has 1 aliphatic heterocycles. The lowest BCUT2D eigenvalue weighted by Crippen LogP contribution is -2.44. The van der Waals surface area contributed by atoms with Gasteiger partial charge in [0.05, 0.1) is 24.4 Å². The maximum atomic E-state index is 13.4. The van der Waals surface area contributed by atoms with Crippen LogP contribution < -0.4 is 5.32 Å². The van der Waals surface area contributed by atoms with E-state index in [0.29, 0.717) is 19.7 Å². The van der Waals surface area contributed by atoms with Crippen LogP contribution in [0, 0.1) is 6.92 Å². The Morgan fingerprint density at radius 1 is 1.31 bits per heavy atom. The summed E-state index contributed by atoms with van der Waals surface area (Å²) in [5, 5.41) is 8.79. The second kappa shape index (κ2) is 9.90. The van der Waals surface area contributed by atoms with Crippen LogP contribution in [0.15, 0.2) is 18.2 Å². The highest BCUT2D eigenvalue weighted by atomic mass is 16.5. The largest absolute Gasteiger partial charge is 0.453 e. The van der Waals surface area contributed by atoms with Gasteiger partial charge in [-0.25, -0.2) is 4.79 Å². The molecule has 2 aliphatic rings. The summed E-state index contributed by atoms with van der Waals surface area (Å²) in [4.78, 5) is 26.8. The van der Waals surface area contributed by atoms with Crippen molar-refractivity contribution in [3.8, 4) is 0 Å². The number of benzene rings is 1. The number of para-hydroxylation sites is 1. The fraction of sp³-hybridized carbons (Fsp3) is 0.625. The zero-order chi connectivity index (χ0) is 22.7. The predicted molar refractivity (Wildman–Crippen MR) is 121 cm³/mol. The van der Waals surface area contributed by atoms with Gasteiger partial charge in [-0.3, -0.25) is 9.48 Å². The van der Waals surface area contributed by atoms with Gasteiger partial charge in [0.2, 0.25) is 0 Å². The first kappa shape index (κ1) is 22.6. The lowest BCUT2D eigenvalue weighted by Gasteiger charge is -2.33. The summed E-state index contributed by atoms with van der Waals surface area (Å²) in [5.74, 6) is 0.109. The Kier molecular flexibility index (Phi) is 6.98. The van der Waals surface area contributed by atoms with Crippen molar-refractivity contribution < 1.29 is 19.1 Å². The van der Waals surface area contributed by atoms with Crippen molar-refractivity contribution in [1.29, 1.82) is 0 Å². The van der Waals surface area contributed by atoms with Crippen molar-refractivity contribution in [2.45, 2.75) is 77.1 Å². The molecule has 1 saturated heterocycles. The molecule has 1 N–H and O–H groups in total. The number of hydrogen-bond donors (Lipinski definition) is 1. The average molecular weight is 443 g/mol. The van der Waals surface area contributed by atoms with Crippen LogP contribution in [0.2, 0.25) is 0 Å². The first-order valence-corrected chi connectivity index (χ1v) is 11.7. The zero-order valence-electron chi connectivity index (χ0n) is 19.3. The van der Waals surface area contributed by atoms with Crippen molar-refractivity contribution in [1.82, 2.24) is 20.0 Å². The number of amides is 2. The summed E-state index contributed by atoms with van der Waals surface area (Å²) in [5.41, 5.74) is 3.17. The normalized spacial score (nSPS) is 19.5. The van der Waals surface area contributed by atoms with Crippen molar-refractivity contribution in [3.05, 3.63) is 29.5 Å². The predicted octanol–water partition coefficient (Wildman–Crippen LogP) is 3.71. The molecule has 4 rings (SSSR count). The van der Waals surface area contributed by atoms with Crippen LogP contribution in [-0.4, -0.2) is 59.1 Å². The van der Waals surface area contributed by atoms with E-state index in [4.69, 9.17) is 9.84 Å². The number of aryl methyl sites for hydroxylation is 2. The van der Waals surface area contributed by atoms with E-state index >= 15 is 0 Å². The summed E-state index contributed by atoms with van der Waals surface area (Å²) in [6, 6.07) is 6.38. The Morgan fingerprint density at radius 3 is 2.81 bits per heavy atom. The molecule has 2 atom stereocenters. The highest BCUT2D eigenvalue weighted by molar-refractivity contribution is 5.87. The maximum absolute atomic E-state index is 13.4. The number of carbonyl (C=O) groups excluding carboxylic acids is 2. The van der Waals surface area contributed by atoms with E-state index in [1.807, 2.05) is 15.6 Å². The van der Waals surface area contributed by atoms with E-state index in [1.165, 1.54) is 7.11 Å². The molecule has 2 fully saturated rings. The van der Waals surface area contributed by atoms with Crippen LogP contribution in [0.3, 0.4) is 0 Å². The van der Waals surface area contributed by atoms with Gasteiger partial charge in [-0.2, -0.15) is 5.10 Å². The van der Waals surface area contributed by atoms with Gasteiger partial charge in [0.25, 0.3) is 5.91 Å². The van der Waals surface area contributed by atoms with Crippen LogP contribution in [0.25, 0.3) is 10.9 Å². The number of nitrogens with zero attached hydrogens (tertiary/aromatic N) is 3. The zero-order valence-corrected chi connectivity index (χ0v) is 19.3. The summed E-state index contributed by atoms with van der Waals surface area (Å²) < 4.78 is 12.5. The minimum absolute atomic E-state index is 0.109. The van der Waals surface area contributed by atoms with Gasteiger partial charge in [-0.1, -0.05) is 18.2 Å². The first-order chi connectivity index (χ1) is 15.5. The van der Waals surface area contributed by atoms with Gasteiger partial charge >= 0.3 is 6.09 Å². The van der Waals surface area contributed by atoms with Gasteiger partial charge in [0, 0.05) is 31.1 Å². The molecule has 0 unspecified atom stereocenters. The molecule has 174 valence electrons. The summed E-state index contributed by atoms with van der Waals surface area (Å²) in [6.07, 6.45) is 4.93. The third-order valence-electron chi connectivity index (χ3n) is 6.46. The van der Waals surface area contributed by atoms with Gasteiger partial charge in [0.15, 0.2) is 0 Å². The Balaban J connectivity index is 1.58. The smallest absolute Gasteiger partial charge is 0.406 e. The average Bonchev–Trinajstić information content (AvgIpc) is 3.57. The third kappa shape index (κ3) is 4.75. The minimum atomic E-state index is -0.427. The maximum Gasteiger partial charge on any atom is 0.406 e. The van der Waals surface area contributed by atoms with Crippen molar-refractivity contribution in [2.24, 2.45) is 0 Å². The standard InChI is InChI=1S/C24H34N4O4/c1-16-8-6-9-19-21(26-27(22(16)19)14-7-13-25-24(30)31-3)17(2)28(18-11-12-18)23(29)20-10-4-5-15-32-20/h6,8-9,17-18,20H,4-5,7,10-15H2,1-3H3,(H,25,30)/t17-,20-/m1/s1. The molecule has 8 nitrogen and oxygen atoms in total. The molecule has 2 amide bonds. The molecular formula is C24H34N4O4. The molecule has 32 heavy (non-hydrogen) atoms. The highest BCUT2D eigenvalue weighted by Gasteiger charge is 2.41. The molecule has 2 aromatic rings. The molecule has 2 heterocycles. The molecule has 0 bridgehead atoms. The fourth-order valence-corrected chi connectivity index (χ4v) is 4.68. The molecule has 0 radical (unpaired) electrons. The Hall–Kier alpha value is -2.61. The number of alkyl carbamates (subject to hydrolysis) is 1. The van der Waals surface area contributed by atoms with E-state index in [2.05, 4.69) is 36.0 Å². The van der Waals surface area contributed by atoms with E-state index in [1.54, 1.807) is 0 Å². The Labute approximate surface area is 189 Å². The van der Waals surface area contributed by atoms with Gasteiger partial charge in [-0.05, 0) is 57.9 Å². The number of aromatic nitrogens is 2. The number of nitrogens with one attached hydrogen (secondary N) is 1. The second-order valence-electron chi connectivity index (χ2n) is 8.86. The van der Waals surface area contributed by atoms with E-state index in [9.17, 15) is 9.59 Å². The van der Waals surface area contributed by atoms with Gasteiger partial charge in [-0.15, -0.1) is 0 Å². The topological polar surface area (TPSA) is 85.7 Å². The Morgan fingerprint density at radius 2 is 2.12 bits per heavy atom. The molecular weight excluding hydrogens is 408 g/mol. The minimum Gasteiger partial charge on any atom is -0.453 e. The molecule has 8 heteroatoms. The monoisotopic (exact) mass is 442 g/mol. The first-order valence-electron chi connectivity index (χ1n) is 11.7. The number of methoxy groups -OCH3 is 1. The van der Waals surface area contributed by atoms with Crippen molar-refractivity contribution in [2.75, 3.05) is 20.3 Å². The SMILES string of the molecule is COC(=O)NCCCn1nc([C@@H](C)N(C(=O)[C@H]2CCCCO2)C2CC2)c2cccc(C)c21. The van der Waals surface area contributed by atoms with E-state index in [0.717, 1.165) is 60.7 Å². The van der Waals surface area contributed by atoms with Crippen LogP contribution in [0.5, 0.6) is 0 Å². The Bertz CT molecular complexity index is 962. The lowest BCUT2D eigenvalue weighted by molar-refractivity contribution is -0.149. The number of carbonyl (C=O) groups is 2. The van der Waals surface area contributed by atoms with E-state index < -0.39 is 6.09 Å². The van der Waals surface area contributed by atoms with Crippen LogP contribution in [-0.2, 0) is 20.8 Å². The fourth-order valence-electron chi connectivity index (χ4n) is 4.68. The lowest BCUT2D eigenvalue weighted by atomic mass is 10.0. The number of ether oxygens (including phenoxy) is 2. The summed E-state index contributed by atoms with van der Waals surface area (Å²) in [7, 11) is 1.36. The summed E-state index contributed by atoms with van der Waals surface area (Å²) in [6.45, 7) is 6.02. The van der Waals surface area contributed by atoms with Gasteiger partial charge < -0.3 is 19.7 Å². The molecule has 0 spiro atoms.